The van der Waals surface area contributed by atoms with Gasteiger partial charge in [-0.15, -0.1) is 0 Å². The second kappa shape index (κ2) is 8.03. The topological polar surface area (TPSA) is 50.4 Å². The number of carbonyl (C=O) groups is 1. The van der Waals surface area contributed by atoms with Crippen molar-refractivity contribution in [3.63, 3.8) is 0 Å². The molecule has 1 aromatic rings. The zero-order valence-corrected chi connectivity index (χ0v) is 14.0. The third-order valence-corrected chi connectivity index (χ3v) is 3.42. The predicted molar refractivity (Wildman–Crippen MR) is 86.6 cm³/mol. The Balaban J connectivity index is 2.79. The SMILES string of the molecule is CNC(C)c1cc(C)ccc1OC(C)C(=O)NCC(C)C. The van der Waals surface area contributed by atoms with Crippen LogP contribution in [0.1, 0.15) is 44.9 Å². The third kappa shape index (κ3) is 5.38. The van der Waals surface area contributed by atoms with Crippen LogP contribution in [0.4, 0.5) is 0 Å². The van der Waals surface area contributed by atoms with E-state index in [-0.39, 0.29) is 11.9 Å². The molecule has 1 rings (SSSR count). The summed E-state index contributed by atoms with van der Waals surface area (Å²) in [6.45, 7) is 10.7. The smallest absolute Gasteiger partial charge is 0.260 e. The van der Waals surface area contributed by atoms with E-state index in [4.69, 9.17) is 4.74 Å². The highest BCUT2D eigenvalue weighted by atomic mass is 16.5. The van der Waals surface area contributed by atoms with E-state index in [1.807, 2.05) is 19.2 Å². The largest absolute Gasteiger partial charge is 0.481 e. The van der Waals surface area contributed by atoms with Gasteiger partial charge in [0.15, 0.2) is 6.10 Å². The van der Waals surface area contributed by atoms with E-state index < -0.39 is 6.10 Å². The minimum Gasteiger partial charge on any atom is -0.481 e. The predicted octanol–water partition coefficient (Wildman–Crippen LogP) is 2.81. The first kappa shape index (κ1) is 17.5. The van der Waals surface area contributed by atoms with Crippen LogP contribution in [-0.2, 0) is 4.79 Å². The van der Waals surface area contributed by atoms with Gasteiger partial charge in [0.25, 0.3) is 5.91 Å². The molecule has 4 nitrogen and oxygen atoms in total. The summed E-state index contributed by atoms with van der Waals surface area (Å²) in [5.41, 5.74) is 2.25. The average molecular weight is 292 g/mol. The number of aryl methyl sites for hydroxylation is 1. The van der Waals surface area contributed by atoms with E-state index in [0.29, 0.717) is 12.5 Å². The average Bonchev–Trinajstić information content (AvgIpc) is 2.45. The van der Waals surface area contributed by atoms with E-state index in [9.17, 15) is 4.79 Å². The summed E-state index contributed by atoms with van der Waals surface area (Å²) in [4.78, 5) is 12.0. The first-order chi connectivity index (χ1) is 9.85. The minimum absolute atomic E-state index is 0.0765. The molecule has 1 amide bonds. The van der Waals surface area contributed by atoms with Gasteiger partial charge in [-0.2, -0.15) is 0 Å². The van der Waals surface area contributed by atoms with Crippen molar-refractivity contribution in [2.24, 2.45) is 5.92 Å². The van der Waals surface area contributed by atoms with E-state index in [0.717, 1.165) is 11.3 Å². The molecule has 2 N–H and O–H groups in total. The van der Waals surface area contributed by atoms with E-state index in [1.54, 1.807) is 6.92 Å². The van der Waals surface area contributed by atoms with Gasteiger partial charge >= 0.3 is 0 Å². The van der Waals surface area contributed by atoms with Crippen molar-refractivity contribution in [2.75, 3.05) is 13.6 Å². The maximum atomic E-state index is 12.0. The monoisotopic (exact) mass is 292 g/mol. The summed E-state index contributed by atoms with van der Waals surface area (Å²) in [7, 11) is 1.91. The normalized spacial score (nSPS) is 13.9. The molecule has 0 aromatic heterocycles. The number of carbonyl (C=O) groups excluding carboxylic acids is 1. The molecule has 0 saturated heterocycles. The van der Waals surface area contributed by atoms with E-state index in [1.165, 1.54) is 5.56 Å². The van der Waals surface area contributed by atoms with Crippen molar-refractivity contribution < 1.29 is 9.53 Å². The first-order valence-electron chi connectivity index (χ1n) is 7.57. The lowest BCUT2D eigenvalue weighted by Crippen LogP contribution is -2.38. The van der Waals surface area contributed by atoms with Crippen LogP contribution in [0.15, 0.2) is 18.2 Å². The van der Waals surface area contributed by atoms with Crippen molar-refractivity contribution in [2.45, 2.75) is 46.8 Å². The number of nitrogens with one attached hydrogen (secondary N) is 2. The molecule has 2 unspecified atom stereocenters. The summed E-state index contributed by atoms with van der Waals surface area (Å²) >= 11 is 0. The number of amides is 1. The van der Waals surface area contributed by atoms with Gasteiger partial charge in [0.05, 0.1) is 0 Å². The molecule has 0 fully saturated rings. The Labute approximate surface area is 128 Å². The summed E-state index contributed by atoms with van der Waals surface area (Å²) in [5.74, 6) is 1.11. The van der Waals surface area contributed by atoms with Crippen LogP contribution in [0, 0.1) is 12.8 Å². The molecule has 0 aliphatic heterocycles. The van der Waals surface area contributed by atoms with Gasteiger partial charge in [0.1, 0.15) is 5.75 Å². The standard InChI is InChI=1S/C17H28N2O2/c1-11(2)10-19-17(20)14(5)21-16-8-7-12(3)9-15(16)13(4)18-6/h7-9,11,13-14,18H,10H2,1-6H3,(H,19,20). The van der Waals surface area contributed by atoms with Crippen LogP contribution >= 0.6 is 0 Å². The zero-order chi connectivity index (χ0) is 16.0. The van der Waals surface area contributed by atoms with Gasteiger partial charge in [0, 0.05) is 18.2 Å². The Morgan fingerprint density at radius 1 is 1.24 bits per heavy atom. The van der Waals surface area contributed by atoms with Crippen LogP contribution in [0.3, 0.4) is 0 Å². The Morgan fingerprint density at radius 2 is 1.90 bits per heavy atom. The summed E-state index contributed by atoms with van der Waals surface area (Å²) in [5, 5.41) is 6.11. The summed E-state index contributed by atoms with van der Waals surface area (Å²) in [6.07, 6.45) is -0.505. The number of benzene rings is 1. The lowest BCUT2D eigenvalue weighted by atomic mass is 10.0. The molecule has 0 bridgehead atoms. The van der Waals surface area contributed by atoms with Gasteiger partial charge in [-0.1, -0.05) is 31.5 Å². The molecule has 4 heteroatoms. The molecule has 2 atom stereocenters. The fraction of sp³-hybridized carbons (Fsp3) is 0.588. The number of ether oxygens (including phenoxy) is 1. The second-order valence-electron chi connectivity index (χ2n) is 5.95. The molecule has 1 aromatic carbocycles. The zero-order valence-electron chi connectivity index (χ0n) is 14.0. The van der Waals surface area contributed by atoms with Crippen LogP contribution < -0.4 is 15.4 Å². The molecule has 21 heavy (non-hydrogen) atoms. The van der Waals surface area contributed by atoms with Gasteiger partial charge in [-0.3, -0.25) is 4.79 Å². The van der Waals surface area contributed by atoms with Crippen LogP contribution in [0.5, 0.6) is 5.75 Å². The highest BCUT2D eigenvalue weighted by Gasteiger charge is 2.18. The van der Waals surface area contributed by atoms with Crippen molar-refractivity contribution in [3.05, 3.63) is 29.3 Å². The lowest BCUT2D eigenvalue weighted by Gasteiger charge is -2.21. The molecular formula is C17H28N2O2. The van der Waals surface area contributed by atoms with Crippen molar-refractivity contribution >= 4 is 5.91 Å². The van der Waals surface area contributed by atoms with Crippen molar-refractivity contribution in [1.29, 1.82) is 0 Å². The molecule has 0 aliphatic carbocycles. The molecule has 0 radical (unpaired) electrons. The highest BCUT2D eigenvalue weighted by molar-refractivity contribution is 5.80. The van der Waals surface area contributed by atoms with E-state index >= 15 is 0 Å². The van der Waals surface area contributed by atoms with Gasteiger partial charge in [-0.25, -0.2) is 0 Å². The maximum absolute atomic E-state index is 12.0. The molecular weight excluding hydrogens is 264 g/mol. The second-order valence-corrected chi connectivity index (χ2v) is 5.95. The molecule has 0 aliphatic rings. The van der Waals surface area contributed by atoms with Gasteiger partial charge in [-0.05, 0) is 39.8 Å². The summed E-state index contributed by atoms with van der Waals surface area (Å²) < 4.78 is 5.87. The summed E-state index contributed by atoms with van der Waals surface area (Å²) in [6, 6.07) is 6.20. The Kier molecular flexibility index (Phi) is 6.69. The van der Waals surface area contributed by atoms with Crippen LogP contribution in [0.2, 0.25) is 0 Å². The number of hydrogen-bond donors (Lipinski definition) is 2. The Morgan fingerprint density at radius 3 is 2.48 bits per heavy atom. The fourth-order valence-electron chi connectivity index (χ4n) is 1.96. The van der Waals surface area contributed by atoms with Gasteiger partial charge < -0.3 is 15.4 Å². The molecule has 0 heterocycles. The van der Waals surface area contributed by atoms with Crippen LogP contribution in [0.25, 0.3) is 0 Å². The molecule has 0 saturated carbocycles. The quantitative estimate of drug-likeness (QED) is 0.812. The van der Waals surface area contributed by atoms with Gasteiger partial charge in [0.2, 0.25) is 0 Å². The van der Waals surface area contributed by atoms with Crippen LogP contribution in [-0.4, -0.2) is 25.6 Å². The fourth-order valence-corrected chi connectivity index (χ4v) is 1.96. The lowest BCUT2D eigenvalue weighted by molar-refractivity contribution is -0.127. The number of rotatable bonds is 7. The minimum atomic E-state index is -0.505. The highest BCUT2D eigenvalue weighted by Crippen LogP contribution is 2.27. The van der Waals surface area contributed by atoms with Crippen molar-refractivity contribution in [1.82, 2.24) is 10.6 Å². The Hall–Kier alpha value is -1.55. The Bertz CT molecular complexity index is 472. The maximum Gasteiger partial charge on any atom is 0.260 e. The number of hydrogen-bond acceptors (Lipinski definition) is 3. The molecule has 118 valence electrons. The van der Waals surface area contributed by atoms with Crippen molar-refractivity contribution in [3.8, 4) is 5.75 Å². The first-order valence-corrected chi connectivity index (χ1v) is 7.57. The molecule has 0 spiro atoms. The van der Waals surface area contributed by atoms with E-state index in [2.05, 4.69) is 44.4 Å². The third-order valence-electron chi connectivity index (χ3n) is 3.42.